The maximum Gasteiger partial charge on any atom is 0.433 e. The van der Waals surface area contributed by atoms with E-state index in [1.165, 1.54) is 27.0 Å². The number of likely N-dealkylation sites (N-methyl/N-ethyl adjacent to an activating group) is 1. The first-order chi connectivity index (χ1) is 12.0. The third-order valence-corrected chi connectivity index (χ3v) is 3.41. The number of halogens is 3. The third kappa shape index (κ3) is 4.21. The van der Waals surface area contributed by atoms with Crippen molar-refractivity contribution in [3.05, 3.63) is 29.3 Å². The van der Waals surface area contributed by atoms with Gasteiger partial charge in [0, 0.05) is 19.2 Å². The number of amides is 2. The average molecular weight is 373 g/mol. The fraction of sp³-hybridized carbons (Fsp3) is 0.467. The van der Waals surface area contributed by atoms with Crippen LogP contribution >= 0.6 is 0 Å². The summed E-state index contributed by atoms with van der Waals surface area (Å²) in [5.74, 6) is -0.965. The highest BCUT2D eigenvalue weighted by atomic mass is 19.4. The maximum atomic E-state index is 13.3. The highest BCUT2D eigenvalue weighted by molar-refractivity contribution is 5.99. The molecule has 0 radical (unpaired) electrons. The van der Waals surface area contributed by atoms with E-state index in [0.717, 1.165) is 15.8 Å². The van der Waals surface area contributed by atoms with Crippen molar-refractivity contribution >= 4 is 17.6 Å². The molecule has 0 aliphatic rings. The largest absolute Gasteiger partial charge is 0.433 e. The molecular weight excluding hydrogens is 355 g/mol. The van der Waals surface area contributed by atoms with Crippen molar-refractivity contribution < 1.29 is 27.3 Å². The number of hydrogen-bond acceptors (Lipinski definition) is 5. The summed E-state index contributed by atoms with van der Waals surface area (Å²) in [6.07, 6.45) is -3.90. The number of nitrogens with one attached hydrogen (secondary N) is 1. The first-order valence-electron chi connectivity index (χ1n) is 7.64. The predicted molar refractivity (Wildman–Crippen MR) is 84.4 cm³/mol. The highest BCUT2D eigenvalue weighted by Gasteiger charge is 2.41. The van der Waals surface area contributed by atoms with Crippen LogP contribution in [0.5, 0.6) is 0 Å². The highest BCUT2D eigenvalue weighted by Crippen LogP contribution is 2.34. The van der Waals surface area contributed by atoms with E-state index in [1.807, 2.05) is 0 Å². The Morgan fingerprint density at radius 2 is 2.04 bits per heavy atom. The molecule has 0 atom stereocenters. The van der Waals surface area contributed by atoms with Crippen LogP contribution in [-0.4, -0.2) is 45.2 Å². The number of carbonyl (C=O) groups is 2. The molecule has 26 heavy (non-hydrogen) atoms. The summed E-state index contributed by atoms with van der Waals surface area (Å²) >= 11 is 0. The van der Waals surface area contributed by atoms with Crippen molar-refractivity contribution in [3.8, 4) is 0 Å². The number of alkyl halides is 3. The molecular formula is C15H18F3N5O3. The first-order valence-corrected chi connectivity index (χ1v) is 7.64. The van der Waals surface area contributed by atoms with Gasteiger partial charge in [-0.2, -0.15) is 18.3 Å². The number of aromatic nitrogens is 3. The summed E-state index contributed by atoms with van der Waals surface area (Å²) in [4.78, 5) is 25.2. The second-order valence-electron chi connectivity index (χ2n) is 5.98. The van der Waals surface area contributed by atoms with Crippen molar-refractivity contribution in [2.24, 2.45) is 0 Å². The lowest BCUT2D eigenvalue weighted by molar-refractivity contribution is -0.145. The normalized spacial score (nSPS) is 11.7. The molecule has 0 aliphatic heterocycles. The maximum absolute atomic E-state index is 13.3. The topological polar surface area (TPSA) is 93.3 Å². The van der Waals surface area contributed by atoms with E-state index in [0.29, 0.717) is 5.76 Å². The summed E-state index contributed by atoms with van der Waals surface area (Å²) in [5.41, 5.74) is -1.75. The van der Waals surface area contributed by atoms with E-state index in [2.05, 4.69) is 15.6 Å². The molecule has 0 aromatic carbocycles. The Kier molecular flexibility index (Phi) is 5.38. The van der Waals surface area contributed by atoms with Crippen LogP contribution in [0.25, 0.3) is 0 Å². The molecule has 8 nitrogen and oxygen atoms in total. The van der Waals surface area contributed by atoms with Crippen LogP contribution in [0.3, 0.4) is 0 Å². The van der Waals surface area contributed by atoms with E-state index in [9.17, 15) is 22.8 Å². The zero-order valence-electron chi connectivity index (χ0n) is 14.6. The number of hydrogen-bond donors (Lipinski definition) is 1. The minimum Gasteiger partial charge on any atom is -0.360 e. The average Bonchev–Trinajstić information content (AvgIpc) is 3.12. The van der Waals surface area contributed by atoms with Crippen LogP contribution in [0.2, 0.25) is 0 Å². The van der Waals surface area contributed by atoms with Crippen molar-refractivity contribution in [3.63, 3.8) is 0 Å². The Labute approximate surface area is 146 Å². The van der Waals surface area contributed by atoms with Crippen molar-refractivity contribution in [1.82, 2.24) is 19.8 Å². The number of aryl methyl sites for hydroxylation is 1. The molecule has 0 fully saturated rings. The number of anilines is 1. The predicted octanol–water partition coefficient (Wildman–Crippen LogP) is 2.49. The Morgan fingerprint density at radius 1 is 1.38 bits per heavy atom. The first kappa shape index (κ1) is 19.5. The molecule has 2 rings (SSSR count). The third-order valence-electron chi connectivity index (χ3n) is 3.41. The number of rotatable bonds is 5. The zero-order valence-corrected chi connectivity index (χ0v) is 14.6. The van der Waals surface area contributed by atoms with Gasteiger partial charge in [0.05, 0.1) is 18.3 Å². The van der Waals surface area contributed by atoms with Gasteiger partial charge in [0.15, 0.2) is 11.5 Å². The quantitative estimate of drug-likeness (QED) is 0.869. The van der Waals surface area contributed by atoms with Gasteiger partial charge in [-0.05, 0) is 20.8 Å². The van der Waals surface area contributed by atoms with Gasteiger partial charge < -0.3 is 14.7 Å². The molecule has 0 saturated carbocycles. The van der Waals surface area contributed by atoms with Gasteiger partial charge in [0.25, 0.3) is 5.91 Å². The van der Waals surface area contributed by atoms with Crippen LogP contribution in [0, 0.1) is 6.92 Å². The van der Waals surface area contributed by atoms with Crippen LogP contribution in [0.1, 0.15) is 41.7 Å². The van der Waals surface area contributed by atoms with Gasteiger partial charge in [0.2, 0.25) is 5.91 Å². The lowest BCUT2D eigenvalue weighted by Crippen LogP contribution is -2.36. The standard InChI is InChI=1S/C15H18F3N5O3/c1-8(2)23-13(15(16,17)18)10(6-19-23)14(25)22(4)7-12(24)20-11-5-9(3)26-21-11/h5-6,8H,7H2,1-4H3,(H,20,21,24). The Balaban J connectivity index is 2.16. The van der Waals surface area contributed by atoms with Crippen molar-refractivity contribution in [2.45, 2.75) is 33.0 Å². The molecule has 2 heterocycles. The molecule has 2 aromatic rings. The molecule has 11 heteroatoms. The Bertz CT molecular complexity index is 810. The number of carbonyl (C=O) groups excluding carboxylic acids is 2. The lowest BCUT2D eigenvalue weighted by Gasteiger charge is -2.18. The van der Waals surface area contributed by atoms with E-state index >= 15 is 0 Å². The van der Waals surface area contributed by atoms with E-state index in [1.54, 1.807) is 6.92 Å². The SMILES string of the molecule is Cc1cc(NC(=O)CN(C)C(=O)c2cnn(C(C)C)c2C(F)(F)F)no1. The van der Waals surface area contributed by atoms with Gasteiger partial charge in [-0.15, -0.1) is 0 Å². The molecule has 0 bridgehead atoms. The van der Waals surface area contributed by atoms with E-state index < -0.39 is 41.8 Å². The van der Waals surface area contributed by atoms with Crippen LogP contribution in [-0.2, 0) is 11.0 Å². The molecule has 0 aliphatic carbocycles. The van der Waals surface area contributed by atoms with Crippen LogP contribution in [0.15, 0.2) is 16.8 Å². The smallest absolute Gasteiger partial charge is 0.360 e. The minimum atomic E-state index is -4.76. The molecule has 0 spiro atoms. The summed E-state index contributed by atoms with van der Waals surface area (Å²) in [5, 5.41) is 9.61. The molecule has 1 N–H and O–H groups in total. The van der Waals surface area contributed by atoms with Gasteiger partial charge in [-0.3, -0.25) is 14.3 Å². The second kappa shape index (κ2) is 7.18. The van der Waals surface area contributed by atoms with Crippen molar-refractivity contribution in [1.29, 1.82) is 0 Å². The molecule has 2 amide bonds. The molecule has 142 valence electrons. The lowest BCUT2D eigenvalue weighted by atomic mass is 10.2. The summed E-state index contributed by atoms with van der Waals surface area (Å²) in [6.45, 7) is 4.21. The Hall–Kier alpha value is -2.85. The summed E-state index contributed by atoms with van der Waals surface area (Å²) in [7, 11) is 1.23. The minimum absolute atomic E-state index is 0.150. The van der Waals surface area contributed by atoms with Gasteiger partial charge in [-0.1, -0.05) is 5.16 Å². The van der Waals surface area contributed by atoms with E-state index in [4.69, 9.17) is 4.52 Å². The fourth-order valence-corrected chi connectivity index (χ4v) is 2.29. The van der Waals surface area contributed by atoms with Crippen molar-refractivity contribution in [2.75, 3.05) is 18.9 Å². The summed E-state index contributed by atoms with van der Waals surface area (Å²) in [6, 6.07) is 0.880. The molecule has 0 unspecified atom stereocenters. The van der Waals surface area contributed by atoms with Gasteiger partial charge in [-0.25, -0.2) is 0 Å². The van der Waals surface area contributed by atoms with Gasteiger partial charge in [0.1, 0.15) is 5.76 Å². The molecule has 2 aromatic heterocycles. The Morgan fingerprint density at radius 3 is 2.54 bits per heavy atom. The number of nitrogens with zero attached hydrogens (tertiary/aromatic N) is 4. The second-order valence-corrected chi connectivity index (χ2v) is 5.98. The fourth-order valence-electron chi connectivity index (χ4n) is 2.29. The monoisotopic (exact) mass is 373 g/mol. The molecule has 0 saturated heterocycles. The van der Waals surface area contributed by atoms with Crippen LogP contribution < -0.4 is 5.32 Å². The van der Waals surface area contributed by atoms with Gasteiger partial charge >= 0.3 is 6.18 Å². The van der Waals surface area contributed by atoms with E-state index in [-0.39, 0.29) is 5.82 Å². The zero-order chi connectivity index (χ0) is 19.6. The summed E-state index contributed by atoms with van der Waals surface area (Å²) < 4.78 is 45.6. The van der Waals surface area contributed by atoms with Crippen LogP contribution in [0.4, 0.5) is 19.0 Å².